The Kier molecular flexibility index (Phi) is 4.81. The number of fused-ring (bicyclic) bond motifs is 2. The second-order valence-electron chi connectivity index (χ2n) is 8.86. The van der Waals surface area contributed by atoms with Crippen LogP contribution in [-0.4, -0.2) is 23.3 Å². The highest BCUT2D eigenvalue weighted by molar-refractivity contribution is 6.08. The maximum Gasteiger partial charge on any atom is 0.259 e. The van der Waals surface area contributed by atoms with Crippen molar-refractivity contribution < 1.29 is 9.59 Å². The van der Waals surface area contributed by atoms with Gasteiger partial charge in [-0.15, -0.1) is 0 Å². The predicted octanol–water partition coefficient (Wildman–Crippen LogP) is 4.67. The van der Waals surface area contributed by atoms with Crippen LogP contribution in [-0.2, 0) is 16.6 Å². The van der Waals surface area contributed by atoms with Crippen molar-refractivity contribution in [1.82, 2.24) is 4.98 Å². The second kappa shape index (κ2) is 7.67. The van der Waals surface area contributed by atoms with E-state index in [1.807, 2.05) is 30.3 Å². The summed E-state index contributed by atoms with van der Waals surface area (Å²) in [4.78, 5) is 29.3. The van der Waals surface area contributed by atoms with Crippen LogP contribution in [0.5, 0.6) is 0 Å². The fourth-order valence-electron chi connectivity index (χ4n) is 4.38. The Morgan fingerprint density at radius 2 is 1.97 bits per heavy atom. The van der Waals surface area contributed by atoms with Crippen LogP contribution >= 0.6 is 0 Å². The SMILES string of the molecule is CC1(C)CCNc2cc(NC(=O)c3cccnc3Nc3cccc4c3CC(=O)N4)ccc21. The van der Waals surface area contributed by atoms with Crippen molar-refractivity contribution in [2.45, 2.75) is 32.1 Å². The molecule has 0 unspecified atom stereocenters. The molecule has 162 valence electrons. The Morgan fingerprint density at radius 1 is 1.09 bits per heavy atom. The molecule has 0 fully saturated rings. The van der Waals surface area contributed by atoms with Crippen LogP contribution in [0, 0.1) is 0 Å². The molecule has 7 heteroatoms. The quantitative estimate of drug-likeness (QED) is 0.486. The summed E-state index contributed by atoms with van der Waals surface area (Å²) in [6.07, 6.45) is 3.00. The van der Waals surface area contributed by atoms with Gasteiger partial charge < -0.3 is 21.3 Å². The van der Waals surface area contributed by atoms with Crippen LogP contribution in [0.2, 0.25) is 0 Å². The van der Waals surface area contributed by atoms with Gasteiger partial charge in [0, 0.05) is 41.1 Å². The first-order valence-electron chi connectivity index (χ1n) is 10.7. The highest BCUT2D eigenvalue weighted by atomic mass is 16.2. The van der Waals surface area contributed by atoms with Crippen LogP contribution in [0.15, 0.2) is 54.7 Å². The Bertz CT molecular complexity index is 1230. The number of nitrogens with one attached hydrogen (secondary N) is 4. The number of rotatable bonds is 4. The smallest absolute Gasteiger partial charge is 0.259 e. The molecule has 2 amide bonds. The van der Waals surface area contributed by atoms with E-state index in [1.165, 1.54) is 5.56 Å². The van der Waals surface area contributed by atoms with Crippen LogP contribution in [0.25, 0.3) is 0 Å². The van der Waals surface area contributed by atoms with E-state index >= 15 is 0 Å². The number of carbonyl (C=O) groups excluding carboxylic acids is 2. The molecule has 32 heavy (non-hydrogen) atoms. The number of pyridine rings is 1. The average Bonchev–Trinajstić information content (AvgIpc) is 3.15. The first-order chi connectivity index (χ1) is 15.4. The number of amides is 2. The molecule has 0 atom stereocenters. The lowest BCUT2D eigenvalue weighted by Gasteiger charge is -2.33. The van der Waals surface area contributed by atoms with Crippen LogP contribution in [0.1, 0.15) is 41.8 Å². The summed E-state index contributed by atoms with van der Waals surface area (Å²) in [6, 6.07) is 15.1. The van der Waals surface area contributed by atoms with E-state index in [1.54, 1.807) is 18.3 Å². The lowest BCUT2D eigenvalue weighted by molar-refractivity contribution is -0.115. The van der Waals surface area contributed by atoms with E-state index in [9.17, 15) is 9.59 Å². The highest BCUT2D eigenvalue weighted by Crippen LogP contribution is 2.38. The minimum Gasteiger partial charge on any atom is -0.385 e. The molecule has 0 saturated heterocycles. The van der Waals surface area contributed by atoms with E-state index in [2.05, 4.69) is 46.2 Å². The van der Waals surface area contributed by atoms with Crippen molar-refractivity contribution in [3.05, 3.63) is 71.4 Å². The maximum absolute atomic E-state index is 13.1. The van der Waals surface area contributed by atoms with Gasteiger partial charge in [-0.3, -0.25) is 9.59 Å². The van der Waals surface area contributed by atoms with Gasteiger partial charge in [0.2, 0.25) is 5.91 Å². The zero-order valence-electron chi connectivity index (χ0n) is 18.1. The summed E-state index contributed by atoms with van der Waals surface area (Å²) in [6.45, 7) is 5.39. The highest BCUT2D eigenvalue weighted by Gasteiger charge is 2.27. The standard InChI is InChI=1S/C25H25N5O2/c1-25(2)10-12-26-21-13-15(8-9-18(21)25)28-24(32)16-5-4-11-27-23(16)30-20-7-3-6-19-17(20)14-22(31)29-19/h3-9,11,13,26H,10,12,14H2,1-2H3,(H,27,30)(H,28,32)(H,29,31). The molecule has 0 aliphatic carbocycles. The molecular weight excluding hydrogens is 402 g/mol. The Hall–Kier alpha value is -3.87. The molecule has 3 heterocycles. The number of aromatic nitrogens is 1. The molecule has 4 N–H and O–H groups in total. The number of hydrogen-bond acceptors (Lipinski definition) is 5. The summed E-state index contributed by atoms with van der Waals surface area (Å²) in [5.41, 5.74) is 5.98. The summed E-state index contributed by atoms with van der Waals surface area (Å²) in [7, 11) is 0. The zero-order valence-corrected chi connectivity index (χ0v) is 18.1. The van der Waals surface area contributed by atoms with E-state index in [0.717, 1.165) is 41.3 Å². The molecule has 7 nitrogen and oxygen atoms in total. The maximum atomic E-state index is 13.1. The molecule has 1 aromatic heterocycles. The first-order valence-corrected chi connectivity index (χ1v) is 10.7. The van der Waals surface area contributed by atoms with Gasteiger partial charge in [-0.1, -0.05) is 26.0 Å². The van der Waals surface area contributed by atoms with Gasteiger partial charge in [0.1, 0.15) is 5.82 Å². The largest absolute Gasteiger partial charge is 0.385 e. The predicted molar refractivity (Wildman–Crippen MR) is 127 cm³/mol. The molecule has 0 bridgehead atoms. The Labute approximate surface area is 186 Å². The molecule has 0 spiro atoms. The van der Waals surface area contributed by atoms with Crippen molar-refractivity contribution in [3.63, 3.8) is 0 Å². The zero-order chi connectivity index (χ0) is 22.3. The van der Waals surface area contributed by atoms with Gasteiger partial charge in [0.05, 0.1) is 12.0 Å². The molecule has 0 radical (unpaired) electrons. The van der Waals surface area contributed by atoms with Gasteiger partial charge in [-0.2, -0.15) is 0 Å². The monoisotopic (exact) mass is 427 g/mol. The van der Waals surface area contributed by atoms with Crippen molar-refractivity contribution in [2.24, 2.45) is 0 Å². The van der Waals surface area contributed by atoms with Crippen LogP contribution in [0.3, 0.4) is 0 Å². The van der Waals surface area contributed by atoms with Gasteiger partial charge >= 0.3 is 0 Å². The number of anilines is 5. The Morgan fingerprint density at radius 3 is 2.84 bits per heavy atom. The fraction of sp³-hybridized carbons (Fsp3) is 0.240. The van der Waals surface area contributed by atoms with Crippen molar-refractivity contribution in [3.8, 4) is 0 Å². The number of nitrogens with zero attached hydrogens (tertiary/aromatic N) is 1. The van der Waals surface area contributed by atoms with E-state index in [0.29, 0.717) is 17.8 Å². The summed E-state index contributed by atoms with van der Waals surface area (Å²) < 4.78 is 0. The van der Waals surface area contributed by atoms with Crippen LogP contribution < -0.4 is 21.3 Å². The van der Waals surface area contributed by atoms with Crippen molar-refractivity contribution >= 4 is 40.4 Å². The number of carbonyl (C=O) groups is 2. The molecule has 5 rings (SSSR count). The van der Waals surface area contributed by atoms with Gasteiger partial charge in [-0.25, -0.2) is 4.98 Å². The molecule has 2 aliphatic heterocycles. The first kappa shape index (κ1) is 20.1. The van der Waals surface area contributed by atoms with Crippen LogP contribution in [0.4, 0.5) is 28.6 Å². The fourth-order valence-corrected chi connectivity index (χ4v) is 4.38. The van der Waals surface area contributed by atoms with Gasteiger partial charge in [0.15, 0.2) is 0 Å². The third-order valence-electron chi connectivity index (χ3n) is 6.16. The molecule has 0 saturated carbocycles. The number of hydrogen-bond donors (Lipinski definition) is 4. The van der Waals surface area contributed by atoms with Crippen molar-refractivity contribution in [2.75, 3.05) is 27.8 Å². The topological polar surface area (TPSA) is 95.2 Å². The Balaban J connectivity index is 1.40. The summed E-state index contributed by atoms with van der Waals surface area (Å²) >= 11 is 0. The minimum absolute atomic E-state index is 0.0440. The molecular formula is C25H25N5O2. The van der Waals surface area contributed by atoms with E-state index < -0.39 is 0 Å². The summed E-state index contributed by atoms with van der Waals surface area (Å²) in [5, 5.41) is 12.5. The van der Waals surface area contributed by atoms with Gasteiger partial charge in [0.25, 0.3) is 5.91 Å². The van der Waals surface area contributed by atoms with E-state index in [-0.39, 0.29) is 17.2 Å². The average molecular weight is 428 g/mol. The third kappa shape index (κ3) is 3.66. The summed E-state index contributed by atoms with van der Waals surface area (Å²) in [5.74, 6) is 0.143. The van der Waals surface area contributed by atoms with E-state index in [4.69, 9.17) is 0 Å². The molecule has 2 aromatic carbocycles. The minimum atomic E-state index is -0.252. The normalized spacial score (nSPS) is 15.8. The number of benzene rings is 2. The lowest BCUT2D eigenvalue weighted by atomic mass is 9.78. The molecule has 2 aliphatic rings. The van der Waals surface area contributed by atoms with Gasteiger partial charge in [-0.05, 0) is 53.8 Å². The third-order valence-corrected chi connectivity index (χ3v) is 6.16. The van der Waals surface area contributed by atoms with Crippen molar-refractivity contribution in [1.29, 1.82) is 0 Å². The second-order valence-corrected chi connectivity index (χ2v) is 8.86. The molecule has 3 aromatic rings. The lowest BCUT2D eigenvalue weighted by Crippen LogP contribution is -2.28.